The van der Waals surface area contributed by atoms with Crippen molar-refractivity contribution in [1.82, 2.24) is 9.88 Å². The van der Waals surface area contributed by atoms with E-state index in [0.717, 1.165) is 10.8 Å². The van der Waals surface area contributed by atoms with Gasteiger partial charge in [-0.15, -0.1) is 0 Å². The van der Waals surface area contributed by atoms with E-state index in [1.165, 1.54) is 24.3 Å². The number of fused-ring (bicyclic) bond motifs is 1. The molecule has 2 atom stereocenters. The van der Waals surface area contributed by atoms with Gasteiger partial charge < -0.3 is 26.4 Å². The maximum absolute atomic E-state index is 15.5. The van der Waals surface area contributed by atoms with E-state index in [-0.39, 0.29) is 10.5 Å². The van der Waals surface area contributed by atoms with E-state index in [1.807, 2.05) is 13.0 Å². The molecular formula is C32H36FN5O4S. The van der Waals surface area contributed by atoms with Crippen LogP contribution in [0, 0.1) is 5.82 Å². The maximum Gasteiger partial charge on any atom is 0.250 e. The highest BCUT2D eigenvalue weighted by atomic mass is 32.2. The van der Waals surface area contributed by atoms with Crippen LogP contribution < -0.4 is 21.5 Å². The van der Waals surface area contributed by atoms with Gasteiger partial charge in [0.05, 0.1) is 22.8 Å². The molecule has 0 bridgehead atoms. The lowest BCUT2D eigenvalue weighted by atomic mass is 10.00. The average molecular weight is 606 g/mol. The van der Waals surface area contributed by atoms with E-state index in [9.17, 15) is 13.2 Å². The Labute approximate surface area is 251 Å². The number of benzene rings is 3. The van der Waals surface area contributed by atoms with Crippen LogP contribution in [0.15, 0.2) is 71.8 Å². The van der Waals surface area contributed by atoms with Gasteiger partial charge in [-0.2, -0.15) is 0 Å². The highest BCUT2D eigenvalue weighted by Crippen LogP contribution is 2.40. The minimum Gasteiger partial charge on any atom is -0.494 e. The number of anilines is 3. The second-order valence-corrected chi connectivity index (χ2v) is 13.4. The Morgan fingerprint density at radius 1 is 1.12 bits per heavy atom. The van der Waals surface area contributed by atoms with E-state index in [1.54, 1.807) is 55.3 Å². The lowest BCUT2D eigenvalue weighted by Crippen LogP contribution is -2.38. The highest BCUT2D eigenvalue weighted by Gasteiger charge is 2.38. The van der Waals surface area contributed by atoms with Gasteiger partial charge in [0.15, 0.2) is 9.84 Å². The van der Waals surface area contributed by atoms with Gasteiger partial charge in [-0.3, -0.25) is 4.79 Å². The summed E-state index contributed by atoms with van der Waals surface area (Å²) in [5.41, 5.74) is 13.7. The Bertz CT molecular complexity index is 1780. The first-order valence-electron chi connectivity index (χ1n) is 14.3. The predicted octanol–water partition coefficient (Wildman–Crippen LogP) is 5.64. The fraction of sp³-hybridized carbons (Fsp3) is 0.312. The van der Waals surface area contributed by atoms with Crippen molar-refractivity contribution in [3.63, 3.8) is 0 Å². The van der Waals surface area contributed by atoms with Crippen LogP contribution in [-0.2, 0) is 14.6 Å². The molecule has 5 N–H and O–H groups in total. The predicted molar refractivity (Wildman–Crippen MR) is 167 cm³/mol. The van der Waals surface area contributed by atoms with Crippen molar-refractivity contribution < 1.29 is 22.3 Å². The molecular weight excluding hydrogens is 569 g/mol. The van der Waals surface area contributed by atoms with E-state index in [0.29, 0.717) is 54.5 Å². The van der Waals surface area contributed by atoms with Gasteiger partial charge in [0, 0.05) is 35.1 Å². The molecule has 0 radical (unpaired) electrons. The number of ether oxygens (including phenoxy) is 1. The number of nitrogens with two attached hydrogens (primary N) is 2. The summed E-state index contributed by atoms with van der Waals surface area (Å²) in [4.78, 5) is 20.4. The molecule has 4 aromatic rings. The fourth-order valence-corrected chi connectivity index (χ4v) is 6.88. The smallest absolute Gasteiger partial charge is 0.250 e. The number of sulfone groups is 1. The van der Waals surface area contributed by atoms with Crippen molar-refractivity contribution in [1.29, 1.82) is 0 Å². The van der Waals surface area contributed by atoms with Gasteiger partial charge in [-0.1, -0.05) is 0 Å². The van der Waals surface area contributed by atoms with Gasteiger partial charge in [0.1, 0.15) is 23.4 Å². The molecule has 1 amide bonds. The number of nitrogens with zero attached hydrogens (tertiary/aromatic N) is 2. The standard InChI is InChI=1S/C32H36FN5O4S/c1-4-42-23-9-11-27(33)25(18-23)30(37-22-8-10-24-20(16-22)13-14-36-31(24)35)32(39)38-15-5-6-28(38)26-17-21(34)7-12-29(26)43(40,41)19(2)3/h7-14,16-19,28,30,37H,4-6,15,34H2,1-3H3,(H2,35,36)/t28-,30-/m1/s1. The third kappa shape index (κ3) is 5.94. The summed E-state index contributed by atoms with van der Waals surface area (Å²) in [6, 6.07) is 14.5. The Kier molecular flexibility index (Phi) is 8.45. The fourth-order valence-electron chi connectivity index (χ4n) is 5.59. The van der Waals surface area contributed by atoms with E-state index >= 15 is 4.39 Å². The maximum atomic E-state index is 15.5. The SMILES string of the molecule is CCOc1ccc(F)c([C@@H](Nc2ccc3c(N)nccc3c2)C(=O)N2CCC[C@@H]2c2cc(N)ccc2S(=O)(=O)C(C)C)c1. The summed E-state index contributed by atoms with van der Waals surface area (Å²) in [6.45, 7) is 5.80. The molecule has 226 valence electrons. The molecule has 5 rings (SSSR count). The second-order valence-electron chi connectivity index (χ2n) is 10.9. The van der Waals surface area contributed by atoms with Crippen LogP contribution >= 0.6 is 0 Å². The number of hydrogen-bond donors (Lipinski definition) is 3. The van der Waals surface area contributed by atoms with Gasteiger partial charge in [0.2, 0.25) is 5.91 Å². The molecule has 9 nitrogen and oxygen atoms in total. The Morgan fingerprint density at radius 2 is 1.91 bits per heavy atom. The van der Waals surface area contributed by atoms with Crippen molar-refractivity contribution in [3.05, 3.63) is 83.8 Å². The number of nitrogens with one attached hydrogen (secondary N) is 1. The van der Waals surface area contributed by atoms with Crippen LogP contribution in [0.1, 0.15) is 56.8 Å². The number of carbonyl (C=O) groups is 1. The lowest BCUT2D eigenvalue weighted by molar-refractivity contribution is -0.133. The van der Waals surface area contributed by atoms with Crippen LogP contribution in [0.25, 0.3) is 10.8 Å². The monoisotopic (exact) mass is 605 g/mol. The first kappa shape index (κ1) is 30.1. The summed E-state index contributed by atoms with van der Waals surface area (Å²) in [7, 11) is -3.68. The van der Waals surface area contributed by atoms with Crippen LogP contribution in [0.5, 0.6) is 5.75 Å². The molecule has 1 fully saturated rings. The van der Waals surface area contributed by atoms with Crippen molar-refractivity contribution >= 4 is 43.7 Å². The minimum absolute atomic E-state index is 0.110. The third-order valence-corrected chi connectivity index (χ3v) is 10.0. The molecule has 1 aliphatic rings. The Hall–Kier alpha value is -4.38. The third-order valence-electron chi connectivity index (χ3n) is 7.80. The molecule has 1 aromatic heterocycles. The molecule has 2 heterocycles. The van der Waals surface area contributed by atoms with Gasteiger partial charge in [0.25, 0.3) is 0 Å². The molecule has 11 heteroatoms. The summed E-state index contributed by atoms with van der Waals surface area (Å²) in [5, 5.41) is 4.14. The zero-order valence-corrected chi connectivity index (χ0v) is 25.2. The topological polar surface area (TPSA) is 141 Å². The summed E-state index contributed by atoms with van der Waals surface area (Å²) in [6.07, 6.45) is 2.77. The molecule has 43 heavy (non-hydrogen) atoms. The summed E-state index contributed by atoms with van der Waals surface area (Å²) in [5.74, 6) is -0.178. The summed E-state index contributed by atoms with van der Waals surface area (Å²) < 4.78 is 47.8. The Balaban J connectivity index is 1.59. The number of likely N-dealkylation sites (tertiary alicyclic amines) is 1. The second kappa shape index (κ2) is 12.1. The molecule has 1 aliphatic heterocycles. The van der Waals surface area contributed by atoms with Crippen LogP contribution in [0.2, 0.25) is 0 Å². The first-order chi connectivity index (χ1) is 20.5. The summed E-state index contributed by atoms with van der Waals surface area (Å²) >= 11 is 0. The van der Waals surface area contributed by atoms with Gasteiger partial charge >= 0.3 is 0 Å². The normalized spacial score (nSPS) is 16.0. The zero-order chi connectivity index (χ0) is 30.9. The van der Waals surface area contributed by atoms with Crippen molar-refractivity contribution in [2.75, 3.05) is 29.9 Å². The number of halogens is 1. The van der Waals surface area contributed by atoms with Crippen molar-refractivity contribution in [2.45, 2.75) is 55.8 Å². The number of hydrogen-bond acceptors (Lipinski definition) is 8. The quantitative estimate of drug-likeness (QED) is 0.208. The Morgan fingerprint density at radius 3 is 2.65 bits per heavy atom. The van der Waals surface area contributed by atoms with Crippen LogP contribution in [0.4, 0.5) is 21.6 Å². The average Bonchev–Trinajstić information content (AvgIpc) is 3.47. The van der Waals surface area contributed by atoms with E-state index in [4.69, 9.17) is 16.2 Å². The number of carbonyl (C=O) groups excluding carboxylic acids is 1. The molecule has 0 aliphatic carbocycles. The van der Waals surface area contributed by atoms with E-state index in [2.05, 4.69) is 10.3 Å². The van der Waals surface area contributed by atoms with Crippen molar-refractivity contribution in [3.8, 4) is 5.75 Å². The molecule has 1 saturated heterocycles. The van der Waals surface area contributed by atoms with Gasteiger partial charge in [-0.25, -0.2) is 17.8 Å². The lowest BCUT2D eigenvalue weighted by Gasteiger charge is -2.32. The van der Waals surface area contributed by atoms with E-state index < -0.39 is 38.9 Å². The number of pyridine rings is 1. The number of nitrogen functional groups attached to an aromatic ring is 2. The number of aromatic nitrogens is 1. The molecule has 0 unspecified atom stereocenters. The highest BCUT2D eigenvalue weighted by molar-refractivity contribution is 7.92. The zero-order valence-electron chi connectivity index (χ0n) is 24.4. The number of rotatable bonds is 9. The molecule has 0 spiro atoms. The minimum atomic E-state index is -3.68. The first-order valence-corrected chi connectivity index (χ1v) is 15.8. The van der Waals surface area contributed by atoms with Crippen LogP contribution in [-0.4, -0.2) is 42.6 Å². The largest absolute Gasteiger partial charge is 0.494 e. The number of amides is 1. The van der Waals surface area contributed by atoms with Gasteiger partial charge in [-0.05, 0) is 105 Å². The molecule has 3 aromatic carbocycles. The molecule has 0 saturated carbocycles. The van der Waals surface area contributed by atoms with Crippen molar-refractivity contribution in [2.24, 2.45) is 0 Å². The van der Waals surface area contributed by atoms with Crippen LogP contribution in [0.3, 0.4) is 0 Å².